The van der Waals surface area contributed by atoms with Gasteiger partial charge >= 0.3 is 5.97 Å². The minimum Gasteiger partial charge on any atom is -0.458 e. The molecule has 1 aliphatic heterocycles. The second-order valence-electron chi connectivity index (χ2n) is 5.35. The Morgan fingerprint density at radius 1 is 1.50 bits per heavy atom. The lowest BCUT2D eigenvalue weighted by molar-refractivity contribution is -0.155. The highest BCUT2D eigenvalue weighted by Gasteiger charge is 2.32. The van der Waals surface area contributed by atoms with Crippen LogP contribution in [0.15, 0.2) is 12.1 Å². The first-order chi connectivity index (χ1) is 8.26. The third-order valence-electron chi connectivity index (χ3n) is 2.59. The summed E-state index contributed by atoms with van der Waals surface area (Å²) in [6.07, 6.45) is 0.420. The predicted octanol–water partition coefficient (Wildman–Crippen LogP) is 3.16. The molecule has 0 saturated carbocycles. The average molecular weight is 272 g/mol. The summed E-state index contributed by atoms with van der Waals surface area (Å²) in [4.78, 5) is 11.9. The molecule has 0 aromatic heterocycles. The third kappa shape index (κ3) is 2.75. The number of esters is 1. The molecule has 1 N–H and O–H groups in total. The molecule has 0 amide bonds. The lowest BCUT2D eigenvalue weighted by Crippen LogP contribution is -2.35. The minimum absolute atomic E-state index is 0.337. The van der Waals surface area contributed by atoms with Crippen molar-refractivity contribution in [1.29, 1.82) is 0 Å². The number of hydrogen-bond acceptors (Lipinski definition) is 3. The van der Waals surface area contributed by atoms with Gasteiger partial charge < -0.3 is 10.1 Å². The summed E-state index contributed by atoms with van der Waals surface area (Å²) in [5.74, 6) is -0.772. The molecule has 1 aromatic rings. The van der Waals surface area contributed by atoms with E-state index >= 15 is 0 Å². The summed E-state index contributed by atoms with van der Waals surface area (Å²) < 4.78 is 18.5. The molecule has 1 aromatic carbocycles. The van der Waals surface area contributed by atoms with E-state index in [1.807, 2.05) is 0 Å². The van der Waals surface area contributed by atoms with E-state index in [9.17, 15) is 9.18 Å². The van der Waals surface area contributed by atoms with E-state index in [2.05, 4.69) is 5.32 Å². The maximum Gasteiger partial charge on any atom is 0.329 e. The van der Waals surface area contributed by atoms with Gasteiger partial charge in [0.1, 0.15) is 17.5 Å². The number of benzene rings is 1. The molecule has 1 heterocycles. The number of rotatable bonds is 1. The summed E-state index contributed by atoms with van der Waals surface area (Å²) >= 11 is 5.95. The van der Waals surface area contributed by atoms with Crippen LogP contribution < -0.4 is 5.32 Å². The van der Waals surface area contributed by atoms with Crippen molar-refractivity contribution in [3.63, 3.8) is 0 Å². The van der Waals surface area contributed by atoms with E-state index in [0.29, 0.717) is 17.1 Å². The molecule has 0 unspecified atom stereocenters. The third-order valence-corrected chi connectivity index (χ3v) is 2.93. The van der Waals surface area contributed by atoms with E-state index in [1.54, 1.807) is 20.8 Å². The van der Waals surface area contributed by atoms with Crippen LogP contribution in [0, 0.1) is 5.82 Å². The van der Waals surface area contributed by atoms with Gasteiger partial charge in [-0.3, -0.25) is 0 Å². The number of nitrogens with one attached hydrogen (secondary N) is 1. The van der Waals surface area contributed by atoms with Crippen molar-refractivity contribution in [2.75, 3.05) is 5.32 Å². The number of halogens is 2. The highest BCUT2D eigenvalue weighted by atomic mass is 35.5. The van der Waals surface area contributed by atoms with Crippen molar-refractivity contribution in [3.05, 3.63) is 28.5 Å². The standard InChI is InChI=1S/C13H15ClFNO2/c1-13(2,3)18-12(17)11-6-8-9(14)4-7(15)5-10(8)16-11/h4-5,11,16H,6H2,1-3H3/t11-/m1/s1. The number of carbonyl (C=O) groups excluding carboxylic acids is 1. The fraction of sp³-hybridized carbons (Fsp3) is 0.462. The smallest absolute Gasteiger partial charge is 0.329 e. The van der Waals surface area contributed by atoms with E-state index < -0.39 is 17.5 Å². The Balaban J connectivity index is 2.15. The van der Waals surface area contributed by atoms with Gasteiger partial charge in [0.05, 0.1) is 0 Å². The molecule has 5 heteroatoms. The van der Waals surface area contributed by atoms with Crippen molar-refractivity contribution < 1.29 is 13.9 Å². The first-order valence-corrected chi connectivity index (χ1v) is 6.11. The molecule has 98 valence electrons. The number of hydrogen-bond donors (Lipinski definition) is 1. The van der Waals surface area contributed by atoms with E-state index in [1.165, 1.54) is 12.1 Å². The Kier molecular flexibility index (Phi) is 3.23. The second kappa shape index (κ2) is 4.43. The molecular weight excluding hydrogens is 257 g/mol. The molecule has 18 heavy (non-hydrogen) atoms. The molecule has 1 aliphatic rings. The SMILES string of the molecule is CC(C)(C)OC(=O)[C@H]1Cc2c(Cl)cc(F)cc2N1. The second-order valence-corrected chi connectivity index (χ2v) is 5.76. The summed E-state index contributed by atoms with van der Waals surface area (Å²) in [5.41, 5.74) is 0.785. The molecular formula is C13H15ClFNO2. The van der Waals surface area contributed by atoms with Crippen LogP contribution >= 0.6 is 11.6 Å². The monoisotopic (exact) mass is 271 g/mol. The molecule has 1 atom stereocenters. The molecule has 3 nitrogen and oxygen atoms in total. The van der Waals surface area contributed by atoms with Gasteiger partial charge in [-0.2, -0.15) is 0 Å². The van der Waals surface area contributed by atoms with Crippen LogP contribution in [0.3, 0.4) is 0 Å². The Bertz CT molecular complexity index is 496. The fourth-order valence-electron chi connectivity index (χ4n) is 1.90. The molecule has 0 aliphatic carbocycles. The van der Waals surface area contributed by atoms with Crippen LogP contribution in [0.5, 0.6) is 0 Å². The first kappa shape index (κ1) is 13.1. The fourth-order valence-corrected chi connectivity index (χ4v) is 2.18. The minimum atomic E-state index is -0.539. The van der Waals surface area contributed by atoms with Gasteiger partial charge in [0.2, 0.25) is 0 Å². The number of ether oxygens (including phenoxy) is 1. The van der Waals surface area contributed by atoms with Crippen LogP contribution in [0.4, 0.5) is 10.1 Å². The van der Waals surface area contributed by atoms with E-state index in [0.717, 1.165) is 5.56 Å². The van der Waals surface area contributed by atoms with Crippen LogP contribution in [0.25, 0.3) is 0 Å². The molecule has 0 saturated heterocycles. The highest BCUT2D eigenvalue weighted by Crippen LogP contribution is 2.33. The molecule has 0 spiro atoms. The summed E-state index contributed by atoms with van der Waals surface area (Å²) in [6, 6.07) is 2.09. The van der Waals surface area contributed by atoms with Gasteiger partial charge in [-0.05, 0) is 38.5 Å². The van der Waals surface area contributed by atoms with Gasteiger partial charge in [-0.15, -0.1) is 0 Å². The predicted molar refractivity (Wildman–Crippen MR) is 68.4 cm³/mol. The van der Waals surface area contributed by atoms with Crippen molar-refractivity contribution in [2.45, 2.75) is 38.8 Å². The maximum absolute atomic E-state index is 13.2. The maximum atomic E-state index is 13.2. The molecule has 2 rings (SSSR count). The van der Waals surface area contributed by atoms with Gasteiger partial charge in [-0.25, -0.2) is 9.18 Å². The molecule has 0 fully saturated rings. The van der Waals surface area contributed by atoms with Crippen LogP contribution in [-0.4, -0.2) is 17.6 Å². The van der Waals surface area contributed by atoms with Crippen molar-refractivity contribution in [1.82, 2.24) is 0 Å². The number of carbonyl (C=O) groups is 1. The lowest BCUT2D eigenvalue weighted by atomic mass is 10.1. The van der Waals surface area contributed by atoms with Gasteiger partial charge in [0.15, 0.2) is 0 Å². The Labute approximate surface area is 110 Å². The van der Waals surface area contributed by atoms with Gasteiger partial charge in [0.25, 0.3) is 0 Å². The zero-order chi connectivity index (χ0) is 13.5. The zero-order valence-corrected chi connectivity index (χ0v) is 11.3. The molecule has 0 radical (unpaired) electrons. The average Bonchev–Trinajstić information content (AvgIpc) is 2.58. The first-order valence-electron chi connectivity index (χ1n) is 5.73. The topological polar surface area (TPSA) is 38.3 Å². The Hall–Kier alpha value is -1.29. The Morgan fingerprint density at radius 3 is 2.78 bits per heavy atom. The summed E-state index contributed by atoms with van der Waals surface area (Å²) in [5, 5.41) is 3.28. The van der Waals surface area contributed by atoms with Crippen LogP contribution in [0.1, 0.15) is 26.3 Å². The number of anilines is 1. The quantitative estimate of drug-likeness (QED) is 0.798. The van der Waals surface area contributed by atoms with E-state index in [4.69, 9.17) is 16.3 Å². The summed E-state index contributed by atoms with van der Waals surface area (Å²) in [7, 11) is 0. The highest BCUT2D eigenvalue weighted by molar-refractivity contribution is 6.32. The van der Waals surface area contributed by atoms with Crippen LogP contribution in [0.2, 0.25) is 5.02 Å². The molecule has 0 bridgehead atoms. The van der Waals surface area contributed by atoms with E-state index in [-0.39, 0.29) is 5.97 Å². The van der Waals surface area contributed by atoms with Gasteiger partial charge in [-0.1, -0.05) is 11.6 Å². The zero-order valence-electron chi connectivity index (χ0n) is 10.5. The van der Waals surface area contributed by atoms with Crippen molar-refractivity contribution in [2.24, 2.45) is 0 Å². The number of fused-ring (bicyclic) bond motifs is 1. The Morgan fingerprint density at radius 2 is 2.17 bits per heavy atom. The largest absolute Gasteiger partial charge is 0.458 e. The lowest BCUT2D eigenvalue weighted by Gasteiger charge is -2.22. The van der Waals surface area contributed by atoms with Crippen molar-refractivity contribution >= 4 is 23.3 Å². The van der Waals surface area contributed by atoms with Crippen molar-refractivity contribution in [3.8, 4) is 0 Å². The normalized spacial score (nSPS) is 18.2. The van der Waals surface area contributed by atoms with Crippen LogP contribution in [-0.2, 0) is 16.0 Å². The van der Waals surface area contributed by atoms with Gasteiger partial charge in [0, 0.05) is 17.1 Å². The summed E-state index contributed by atoms with van der Waals surface area (Å²) in [6.45, 7) is 5.42.